The van der Waals surface area contributed by atoms with E-state index in [4.69, 9.17) is 0 Å². The molecule has 0 aliphatic heterocycles. The van der Waals surface area contributed by atoms with Crippen LogP contribution in [0.5, 0.6) is 0 Å². The van der Waals surface area contributed by atoms with E-state index >= 15 is 0 Å². The Labute approximate surface area is 212 Å². The molecule has 8 nitrogen and oxygen atoms in total. The molecule has 2 N–H and O–H groups in total. The summed E-state index contributed by atoms with van der Waals surface area (Å²) in [6.45, 7) is -0.196. The quantitative estimate of drug-likeness (QED) is 0.325. The van der Waals surface area contributed by atoms with Gasteiger partial charge in [0.2, 0.25) is 20.0 Å². The van der Waals surface area contributed by atoms with E-state index in [1.165, 1.54) is 0 Å². The maximum atomic E-state index is 13.1. The van der Waals surface area contributed by atoms with Crippen molar-refractivity contribution in [2.24, 2.45) is 0 Å². The number of fused-ring (bicyclic) bond motifs is 2. The number of rotatable bonds is 9. The van der Waals surface area contributed by atoms with Gasteiger partial charge in [0.1, 0.15) is 0 Å². The Balaban J connectivity index is 1.52. The average molecular weight is 527 g/mol. The maximum Gasteiger partial charge on any atom is 0.241 e. The second-order valence-electron chi connectivity index (χ2n) is 8.84. The van der Waals surface area contributed by atoms with Crippen LogP contribution in [0, 0.1) is 0 Å². The summed E-state index contributed by atoms with van der Waals surface area (Å²) >= 11 is 0. The van der Waals surface area contributed by atoms with Crippen LogP contribution in [0.3, 0.4) is 0 Å². The molecule has 0 saturated carbocycles. The summed E-state index contributed by atoms with van der Waals surface area (Å²) in [5, 5.41) is 2.84. The number of sulfonamides is 2. The highest BCUT2D eigenvalue weighted by molar-refractivity contribution is 7.90. The predicted molar refractivity (Wildman–Crippen MR) is 147 cm³/mol. The lowest BCUT2D eigenvalue weighted by Crippen LogP contribution is -2.34. The van der Waals surface area contributed by atoms with E-state index in [-0.39, 0.29) is 22.9 Å². The molecule has 4 aromatic rings. The molecule has 10 heteroatoms. The molecule has 0 atom stereocenters. The van der Waals surface area contributed by atoms with Gasteiger partial charge in [0, 0.05) is 74.2 Å². The van der Waals surface area contributed by atoms with Crippen molar-refractivity contribution in [1.82, 2.24) is 9.44 Å². The monoisotopic (exact) mass is 526 g/mol. The first-order valence-corrected chi connectivity index (χ1v) is 14.4. The predicted octanol–water partition coefficient (Wildman–Crippen LogP) is 3.38. The zero-order valence-corrected chi connectivity index (χ0v) is 22.3. The first kappa shape index (κ1) is 25.9. The fraction of sp³-hybridized carbons (Fsp3) is 0.231. The van der Waals surface area contributed by atoms with Crippen LogP contribution in [0.4, 0.5) is 11.4 Å². The lowest BCUT2D eigenvalue weighted by Gasteiger charge is -2.17. The minimum atomic E-state index is -3.87. The normalized spacial score (nSPS) is 12.2. The second-order valence-corrected chi connectivity index (χ2v) is 12.3. The van der Waals surface area contributed by atoms with Gasteiger partial charge in [-0.2, -0.15) is 0 Å². The van der Waals surface area contributed by atoms with Crippen molar-refractivity contribution in [3.63, 3.8) is 0 Å². The van der Waals surface area contributed by atoms with Gasteiger partial charge in [0.25, 0.3) is 0 Å². The van der Waals surface area contributed by atoms with Crippen LogP contribution in [0.1, 0.15) is 0 Å². The smallest absolute Gasteiger partial charge is 0.241 e. The van der Waals surface area contributed by atoms with Crippen molar-refractivity contribution in [2.45, 2.75) is 9.79 Å². The highest BCUT2D eigenvalue weighted by atomic mass is 32.2. The van der Waals surface area contributed by atoms with Gasteiger partial charge in [-0.15, -0.1) is 0 Å². The fourth-order valence-electron chi connectivity index (χ4n) is 4.30. The van der Waals surface area contributed by atoms with Crippen LogP contribution in [0.2, 0.25) is 0 Å². The molecule has 0 aromatic heterocycles. The van der Waals surface area contributed by atoms with Crippen LogP contribution in [-0.2, 0) is 20.0 Å². The molecule has 190 valence electrons. The van der Waals surface area contributed by atoms with Gasteiger partial charge in [-0.1, -0.05) is 48.5 Å². The third kappa shape index (κ3) is 5.03. The van der Waals surface area contributed by atoms with Crippen molar-refractivity contribution in [1.29, 1.82) is 0 Å². The van der Waals surface area contributed by atoms with Crippen molar-refractivity contribution in [2.75, 3.05) is 51.1 Å². The Morgan fingerprint density at radius 1 is 0.528 bits per heavy atom. The molecule has 0 bridgehead atoms. The summed E-state index contributed by atoms with van der Waals surface area (Å²) in [5.74, 6) is 0. The number of benzene rings is 4. The van der Waals surface area contributed by atoms with Crippen molar-refractivity contribution < 1.29 is 16.8 Å². The van der Waals surface area contributed by atoms with Crippen LogP contribution in [0.25, 0.3) is 21.5 Å². The van der Waals surface area contributed by atoms with Crippen molar-refractivity contribution >= 4 is 53.0 Å². The van der Waals surface area contributed by atoms with E-state index in [1.54, 1.807) is 36.4 Å². The topological polar surface area (TPSA) is 98.8 Å². The molecule has 0 aliphatic rings. The molecule has 0 saturated heterocycles. The van der Waals surface area contributed by atoms with Crippen LogP contribution in [-0.4, -0.2) is 58.1 Å². The van der Waals surface area contributed by atoms with Gasteiger partial charge in [0.15, 0.2) is 0 Å². The highest BCUT2D eigenvalue weighted by Crippen LogP contribution is 2.31. The highest BCUT2D eigenvalue weighted by Gasteiger charge is 2.21. The summed E-state index contributed by atoms with van der Waals surface area (Å²) in [5.41, 5.74) is 1.81. The summed E-state index contributed by atoms with van der Waals surface area (Å²) < 4.78 is 57.4. The zero-order valence-electron chi connectivity index (χ0n) is 20.7. The average Bonchev–Trinajstić information content (AvgIpc) is 2.85. The molecular formula is C26H30N4O4S2. The zero-order chi connectivity index (χ0) is 26.1. The van der Waals surface area contributed by atoms with Crippen molar-refractivity contribution in [3.8, 4) is 0 Å². The Kier molecular flexibility index (Phi) is 7.24. The number of nitrogens with zero attached hydrogens (tertiary/aromatic N) is 2. The van der Waals surface area contributed by atoms with E-state index < -0.39 is 20.0 Å². The van der Waals surface area contributed by atoms with Crippen molar-refractivity contribution in [3.05, 3.63) is 72.8 Å². The number of nitrogens with one attached hydrogen (secondary N) is 2. The molecule has 4 rings (SSSR count). The summed E-state index contributed by atoms with van der Waals surface area (Å²) in [6.07, 6.45) is 0. The molecule has 0 heterocycles. The lowest BCUT2D eigenvalue weighted by molar-refractivity contribution is 0.571. The summed E-state index contributed by atoms with van der Waals surface area (Å²) in [6, 6.07) is 21.3. The van der Waals surface area contributed by atoms with E-state index in [0.717, 1.165) is 22.1 Å². The molecule has 0 unspecified atom stereocenters. The first-order valence-electron chi connectivity index (χ1n) is 11.4. The molecule has 0 amide bonds. The molecule has 4 aromatic carbocycles. The maximum absolute atomic E-state index is 13.1. The Morgan fingerprint density at radius 3 is 1.22 bits per heavy atom. The summed E-state index contributed by atoms with van der Waals surface area (Å²) in [4.78, 5) is 4.15. The number of hydrogen-bond donors (Lipinski definition) is 2. The van der Waals surface area contributed by atoms with Gasteiger partial charge in [-0.25, -0.2) is 26.3 Å². The van der Waals surface area contributed by atoms with E-state index in [0.29, 0.717) is 10.8 Å². The Hall–Kier alpha value is -3.18. The van der Waals surface area contributed by atoms with E-state index in [1.807, 2.05) is 74.4 Å². The van der Waals surface area contributed by atoms with Crippen LogP contribution in [0.15, 0.2) is 82.6 Å². The SMILES string of the molecule is CN(C)c1cccc2c(S(=O)(=O)NCCNS(=O)(=O)c3cccc4c(N(C)C)cccc34)cccc12. The number of hydrogen-bond acceptors (Lipinski definition) is 6. The second kappa shape index (κ2) is 10.1. The van der Waals surface area contributed by atoms with Gasteiger partial charge in [0.05, 0.1) is 9.79 Å². The lowest BCUT2D eigenvalue weighted by atomic mass is 10.1. The standard InChI is InChI=1S/C26H30N4O4S2/c1-29(2)23-13-5-11-21-19(23)9-7-15-25(21)35(31,32)27-17-18-28-36(33,34)26-16-8-10-20-22(26)12-6-14-24(20)30(3)4/h5-16,27-28H,17-18H2,1-4H3. The Bertz CT molecular complexity index is 1510. The van der Waals surface area contributed by atoms with Crippen LogP contribution < -0.4 is 19.2 Å². The number of anilines is 2. The van der Waals surface area contributed by atoms with Gasteiger partial charge >= 0.3 is 0 Å². The molecule has 0 spiro atoms. The minimum absolute atomic E-state index is 0.0982. The minimum Gasteiger partial charge on any atom is -0.377 e. The largest absolute Gasteiger partial charge is 0.377 e. The van der Waals surface area contributed by atoms with Crippen LogP contribution >= 0.6 is 0 Å². The van der Waals surface area contributed by atoms with Gasteiger partial charge in [-0.3, -0.25) is 0 Å². The molecule has 0 aliphatic carbocycles. The Morgan fingerprint density at radius 2 is 0.861 bits per heavy atom. The van der Waals surface area contributed by atoms with Gasteiger partial charge < -0.3 is 9.80 Å². The van der Waals surface area contributed by atoms with E-state index in [9.17, 15) is 16.8 Å². The fourth-order valence-corrected chi connectivity index (χ4v) is 6.81. The molecule has 0 radical (unpaired) electrons. The first-order chi connectivity index (χ1) is 17.0. The molecule has 36 heavy (non-hydrogen) atoms. The summed E-state index contributed by atoms with van der Waals surface area (Å²) in [7, 11) is -0.139. The molecule has 0 fully saturated rings. The third-order valence-corrected chi connectivity index (χ3v) is 9.01. The molecular weight excluding hydrogens is 496 g/mol. The third-order valence-electron chi connectivity index (χ3n) is 5.97. The van der Waals surface area contributed by atoms with E-state index in [2.05, 4.69) is 9.44 Å². The van der Waals surface area contributed by atoms with Gasteiger partial charge in [-0.05, 0) is 24.3 Å².